The van der Waals surface area contributed by atoms with Crippen LogP contribution in [0.1, 0.15) is 35.4 Å². The van der Waals surface area contributed by atoms with Crippen LogP contribution >= 0.6 is 0 Å². The Morgan fingerprint density at radius 3 is 2.52 bits per heavy atom. The van der Waals surface area contributed by atoms with Crippen molar-refractivity contribution < 1.29 is 9.90 Å². The molecule has 0 aliphatic rings. The highest BCUT2D eigenvalue weighted by molar-refractivity contribution is 5.83. The molecule has 4 rings (SSSR count). The first-order valence-corrected chi connectivity index (χ1v) is 9.25. The molecule has 2 aromatic carbocycles. The zero-order valence-electron chi connectivity index (χ0n) is 15.8. The van der Waals surface area contributed by atoms with Gasteiger partial charge >= 0.3 is 5.97 Å². The van der Waals surface area contributed by atoms with E-state index < -0.39 is 5.97 Å². The van der Waals surface area contributed by atoms with Crippen LogP contribution in [0.5, 0.6) is 0 Å². The second-order valence-corrected chi connectivity index (χ2v) is 6.54. The van der Waals surface area contributed by atoms with Gasteiger partial charge in [0.2, 0.25) is 5.82 Å². The molecule has 0 fully saturated rings. The van der Waals surface area contributed by atoms with E-state index >= 15 is 0 Å². The summed E-state index contributed by atoms with van der Waals surface area (Å²) in [6, 6.07) is 15.9. The highest BCUT2D eigenvalue weighted by atomic mass is 16.4. The third kappa shape index (κ3) is 3.88. The summed E-state index contributed by atoms with van der Waals surface area (Å²) in [4.78, 5) is 15.3. The lowest BCUT2D eigenvalue weighted by molar-refractivity contribution is 0.0683. The van der Waals surface area contributed by atoms with Crippen LogP contribution in [0.3, 0.4) is 0 Å². The minimum Gasteiger partial charge on any atom is -0.475 e. The molecule has 2 heterocycles. The van der Waals surface area contributed by atoms with Gasteiger partial charge in [0, 0.05) is 12.0 Å². The third-order valence-corrected chi connectivity index (χ3v) is 4.52. The number of aromatic amines is 1. The molecule has 0 aliphatic carbocycles. The number of H-pyrrole nitrogens is 1. The van der Waals surface area contributed by atoms with Gasteiger partial charge in [-0.1, -0.05) is 55.5 Å². The molecule has 0 bridgehead atoms. The summed E-state index contributed by atoms with van der Waals surface area (Å²) >= 11 is 0. The summed E-state index contributed by atoms with van der Waals surface area (Å²) in [7, 11) is 0. The maximum absolute atomic E-state index is 11.2. The Balaban J connectivity index is 1.61. The van der Waals surface area contributed by atoms with E-state index in [-0.39, 0.29) is 5.82 Å². The summed E-state index contributed by atoms with van der Waals surface area (Å²) < 4.78 is 1.66. The van der Waals surface area contributed by atoms with E-state index in [9.17, 15) is 4.79 Å². The average Bonchev–Trinajstić information content (AvgIpc) is 3.40. The van der Waals surface area contributed by atoms with Gasteiger partial charge in [-0.25, -0.2) is 14.5 Å². The number of tetrazole rings is 1. The average molecular weight is 389 g/mol. The zero-order chi connectivity index (χ0) is 20.2. The summed E-state index contributed by atoms with van der Waals surface area (Å²) in [6.07, 6.45) is 1.54. The highest BCUT2D eigenvalue weighted by Crippen LogP contribution is 2.29. The Labute approximate surface area is 166 Å². The SMILES string of the molecule is CCCc1nc(C(=O)O)nn1Cc1ccc(-c2ccccc2-c2nn[nH]n2)cc1. The van der Waals surface area contributed by atoms with Crippen LogP contribution in [0, 0.1) is 0 Å². The first kappa shape index (κ1) is 18.5. The van der Waals surface area contributed by atoms with Crippen molar-refractivity contribution >= 4 is 5.97 Å². The van der Waals surface area contributed by atoms with Crippen LogP contribution in [-0.4, -0.2) is 46.5 Å². The number of rotatable bonds is 7. The summed E-state index contributed by atoms with van der Waals surface area (Å²) in [6.45, 7) is 2.48. The van der Waals surface area contributed by atoms with E-state index in [0.717, 1.165) is 28.7 Å². The lowest BCUT2D eigenvalue weighted by atomic mass is 9.98. The van der Waals surface area contributed by atoms with Gasteiger partial charge in [0.25, 0.3) is 5.82 Å². The molecule has 0 spiro atoms. The highest BCUT2D eigenvalue weighted by Gasteiger charge is 2.15. The molecular formula is C20H19N7O2. The van der Waals surface area contributed by atoms with Gasteiger partial charge in [-0.2, -0.15) is 5.21 Å². The van der Waals surface area contributed by atoms with Gasteiger partial charge in [0.05, 0.1) is 6.54 Å². The van der Waals surface area contributed by atoms with E-state index in [4.69, 9.17) is 5.11 Å². The fourth-order valence-electron chi connectivity index (χ4n) is 3.17. The predicted molar refractivity (Wildman–Crippen MR) is 105 cm³/mol. The molecule has 2 aromatic heterocycles. The van der Waals surface area contributed by atoms with Gasteiger partial charge in [0.15, 0.2) is 0 Å². The smallest absolute Gasteiger partial charge is 0.375 e. The Morgan fingerprint density at radius 2 is 1.86 bits per heavy atom. The fraction of sp³-hybridized carbons (Fsp3) is 0.200. The van der Waals surface area contributed by atoms with E-state index in [1.165, 1.54) is 0 Å². The van der Waals surface area contributed by atoms with Crippen molar-refractivity contribution in [2.45, 2.75) is 26.3 Å². The maximum atomic E-state index is 11.2. The minimum atomic E-state index is -1.12. The van der Waals surface area contributed by atoms with Crippen LogP contribution < -0.4 is 0 Å². The Hall–Kier alpha value is -3.88. The van der Waals surface area contributed by atoms with Gasteiger partial charge < -0.3 is 5.11 Å². The van der Waals surface area contributed by atoms with Crippen molar-refractivity contribution in [2.24, 2.45) is 0 Å². The zero-order valence-corrected chi connectivity index (χ0v) is 15.8. The fourth-order valence-corrected chi connectivity index (χ4v) is 3.17. The lowest BCUT2D eigenvalue weighted by Gasteiger charge is -2.09. The molecular weight excluding hydrogens is 370 g/mol. The largest absolute Gasteiger partial charge is 0.475 e. The molecule has 4 aromatic rings. The number of hydrogen-bond acceptors (Lipinski definition) is 6. The summed E-state index contributed by atoms with van der Waals surface area (Å²) in [5.74, 6) is -0.0669. The minimum absolute atomic E-state index is 0.167. The molecule has 0 aliphatic heterocycles. The normalized spacial score (nSPS) is 10.9. The van der Waals surface area contributed by atoms with Gasteiger partial charge in [-0.15, -0.1) is 15.3 Å². The molecule has 2 N–H and O–H groups in total. The number of carboxylic acid groups (broad SMARTS) is 1. The van der Waals surface area contributed by atoms with Crippen molar-refractivity contribution in [1.29, 1.82) is 0 Å². The van der Waals surface area contributed by atoms with E-state index in [0.29, 0.717) is 24.6 Å². The third-order valence-electron chi connectivity index (χ3n) is 4.52. The molecule has 9 heteroatoms. The second kappa shape index (κ2) is 8.01. The summed E-state index contributed by atoms with van der Waals surface area (Å²) in [5.41, 5.74) is 3.92. The quantitative estimate of drug-likeness (QED) is 0.498. The van der Waals surface area contributed by atoms with E-state index in [1.54, 1.807) is 4.68 Å². The predicted octanol–water partition coefficient (Wildman–Crippen LogP) is 2.82. The maximum Gasteiger partial charge on any atom is 0.375 e. The van der Waals surface area contributed by atoms with Crippen molar-refractivity contribution in [1.82, 2.24) is 35.4 Å². The van der Waals surface area contributed by atoms with Crippen LogP contribution in [0.25, 0.3) is 22.5 Å². The number of nitrogens with zero attached hydrogens (tertiary/aromatic N) is 6. The molecule has 9 nitrogen and oxygen atoms in total. The molecule has 0 radical (unpaired) electrons. The number of benzene rings is 2. The molecule has 0 amide bonds. The number of aromatic nitrogens is 7. The monoisotopic (exact) mass is 389 g/mol. The van der Waals surface area contributed by atoms with Crippen LogP contribution in [0.15, 0.2) is 48.5 Å². The first-order valence-electron chi connectivity index (χ1n) is 9.25. The Morgan fingerprint density at radius 1 is 1.10 bits per heavy atom. The van der Waals surface area contributed by atoms with Crippen molar-refractivity contribution in [2.75, 3.05) is 0 Å². The van der Waals surface area contributed by atoms with Crippen LogP contribution in [0.4, 0.5) is 0 Å². The molecule has 29 heavy (non-hydrogen) atoms. The number of hydrogen-bond donors (Lipinski definition) is 2. The Bertz CT molecular complexity index is 1120. The molecule has 0 unspecified atom stereocenters. The number of aryl methyl sites for hydroxylation is 1. The van der Waals surface area contributed by atoms with Gasteiger partial charge in [-0.05, 0) is 28.3 Å². The number of carbonyl (C=O) groups is 1. The first-order chi connectivity index (χ1) is 14.2. The van der Waals surface area contributed by atoms with Crippen LogP contribution in [-0.2, 0) is 13.0 Å². The topological polar surface area (TPSA) is 122 Å². The number of nitrogens with one attached hydrogen (secondary N) is 1. The van der Waals surface area contributed by atoms with Crippen molar-refractivity contribution in [3.8, 4) is 22.5 Å². The van der Waals surface area contributed by atoms with E-state index in [1.807, 2.05) is 55.5 Å². The lowest BCUT2D eigenvalue weighted by Crippen LogP contribution is -2.07. The molecule has 0 atom stereocenters. The molecule has 0 saturated carbocycles. The van der Waals surface area contributed by atoms with Crippen molar-refractivity contribution in [3.05, 3.63) is 65.7 Å². The van der Waals surface area contributed by atoms with Crippen molar-refractivity contribution in [3.63, 3.8) is 0 Å². The van der Waals surface area contributed by atoms with Gasteiger partial charge in [-0.3, -0.25) is 0 Å². The van der Waals surface area contributed by atoms with E-state index in [2.05, 4.69) is 30.7 Å². The molecule has 146 valence electrons. The second-order valence-electron chi connectivity index (χ2n) is 6.54. The summed E-state index contributed by atoms with van der Waals surface area (Å²) in [5, 5.41) is 27.6. The standard InChI is InChI=1S/C20H19N7O2/c1-2-5-17-21-19(20(28)29)24-27(17)12-13-8-10-14(11-9-13)15-6-3-4-7-16(15)18-22-25-26-23-18/h3-4,6-11H,2,5,12H2,1H3,(H,28,29)(H,22,23,25,26). The number of aromatic carboxylic acids is 1. The van der Waals surface area contributed by atoms with Crippen LogP contribution in [0.2, 0.25) is 0 Å². The Kier molecular flexibility index (Phi) is 5.10. The molecule has 0 saturated heterocycles. The number of carboxylic acids is 1. The van der Waals surface area contributed by atoms with Gasteiger partial charge in [0.1, 0.15) is 5.82 Å².